The van der Waals surface area contributed by atoms with Crippen LogP contribution in [0.5, 0.6) is 0 Å². The van der Waals surface area contributed by atoms with E-state index >= 15 is 0 Å². The number of halogens is 1. The minimum absolute atomic E-state index is 0. The molecule has 3 rings (SSSR count). The number of benzene rings is 1. The van der Waals surface area contributed by atoms with Crippen LogP contribution in [0.1, 0.15) is 35.5 Å². The van der Waals surface area contributed by atoms with Gasteiger partial charge in [0.05, 0.1) is 17.7 Å². The zero-order chi connectivity index (χ0) is 17.6. The lowest BCUT2D eigenvalue weighted by molar-refractivity contribution is 0.258. The number of rotatable bonds is 5. The van der Waals surface area contributed by atoms with E-state index in [1.807, 2.05) is 19.5 Å². The van der Waals surface area contributed by atoms with E-state index in [9.17, 15) is 0 Å². The first-order chi connectivity index (χ1) is 12.2. The fraction of sp³-hybridized carbons (Fsp3) is 0.474. The molecule has 0 saturated carbocycles. The van der Waals surface area contributed by atoms with Gasteiger partial charge in [0.1, 0.15) is 0 Å². The third-order valence-electron chi connectivity index (χ3n) is 4.88. The van der Waals surface area contributed by atoms with Crippen LogP contribution < -0.4 is 10.6 Å². The number of aryl methyl sites for hydroxylation is 1. The fourth-order valence-corrected chi connectivity index (χ4v) is 3.96. The molecule has 0 spiro atoms. The van der Waals surface area contributed by atoms with E-state index in [0.717, 1.165) is 37.7 Å². The molecule has 26 heavy (non-hydrogen) atoms. The van der Waals surface area contributed by atoms with Crippen LogP contribution in [-0.4, -0.2) is 42.0 Å². The first kappa shape index (κ1) is 21.1. The van der Waals surface area contributed by atoms with E-state index in [4.69, 9.17) is 0 Å². The molecule has 1 aliphatic rings. The average molecular weight is 485 g/mol. The molecule has 5 nitrogen and oxygen atoms in total. The van der Waals surface area contributed by atoms with Gasteiger partial charge >= 0.3 is 0 Å². The maximum atomic E-state index is 4.37. The second-order valence-electron chi connectivity index (χ2n) is 6.50. The molecule has 2 atom stereocenters. The summed E-state index contributed by atoms with van der Waals surface area (Å²) in [6.07, 6.45) is 1.14. The molecule has 0 aliphatic carbocycles. The second-order valence-corrected chi connectivity index (χ2v) is 7.44. The Morgan fingerprint density at radius 2 is 2.15 bits per heavy atom. The van der Waals surface area contributed by atoms with Gasteiger partial charge in [-0.05, 0) is 25.8 Å². The van der Waals surface area contributed by atoms with Crippen LogP contribution >= 0.6 is 35.3 Å². The highest BCUT2D eigenvalue weighted by Gasteiger charge is 2.27. The lowest BCUT2D eigenvalue weighted by atomic mass is 10.1. The first-order valence-electron chi connectivity index (χ1n) is 8.82. The minimum atomic E-state index is 0. The number of aliphatic imine (C=N–C) groups is 1. The number of hydrogen-bond acceptors (Lipinski definition) is 4. The molecular formula is C19H28IN5S. The number of aromatic nitrogens is 1. The summed E-state index contributed by atoms with van der Waals surface area (Å²) in [7, 11) is 1.83. The maximum Gasteiger partial charge on any atom is 0.191 e. The van der Waals surface area contributed by atoms with E-state index in [2.05, 4.69) is 62.8 Å². The number of hydrogen-bond donors (Lipinski definition) is 2. The van der Waals surface area contributed by atoms with Crippen molar-refractivity contribution in [3.05, 3.63) is 52.0 Å². The Morgan fingerprint density at radius 3 is 2.81 bits per heavy atom. The Balaban J connectivity index is 0.00000243. The van der Waals surface area contributed by atoms with Gasteiger partial charge in [0.15, 0.2) is 5.96 Å². The van der Waals surface area contributed by atoms with Gasteiger partial charge in [-0.1, -0.05) is 30.3 Å². The van der Waals surface area contributed by atoms with Crippen molar-refractivity contribution in [1.29, 1.82) is 0 Å². The molecule has 2 N–H and O–H groups in total. The minimum Gasteiger partial charge on any atom is -0.352 e. The first-order valence-corrected chi connectivity index (χ1v) is 9.70. The SMILES string of the molecule is CN=C(NCc1scnc1C)NC1CCN(C(C)c2ccccc2)C1.I. The topological polar surface area (TPSA) is 52.6 Å². The van der Waals surface area contributed by atoms with E-state index in [-0.39, 0.29) is 24.0 Å². The quantitative estimate of drug-likeness (QED) is 0.387. The van der Waals surface area contributed by atoms with Gasteiger partial charge < -0.3 is 10.6 Å². The van der Waals surface area contributed by atoms with Crippen molar-refractivity contribution >= 4 is 41.3 Å². The Hall–Kier alpha value is -1.19. The summed E-state index contributed by atoms with van der Waals surface area (Å²) in [6, 6.07) is 11.6. The molecule has 2 heterocycles. The predicted octanol–water partition coefficient (Wildman–Crippen LogP) is 3.57. The highest BCUT2D eigenvalue weighted by Crippen LogP contribution is 2.24. The van der Waals surface area contributed by atoms with Crippen molar-refractivity contribution in [2.45, 2.75) is 38.9 Å². The number of nitrogens with zero attached hydrogens (tertiary/aromatic N) is 3. The molecule has 0 amide bonds. The van der Waals surface area contributed by atoms with Crippen LogP contribution in [0.15, 0.2) is 40.8 Å². The maximum absolute atomic E-state index is 4.37. The summed E-state index contributed by atoms with van der Waals surface area (Å²) in [5, 5.41) is 6.97. The summed E-state index contributed by atoms with van der Waals surface area (Å²) in [4.78, 5) is 12.5. The molecule has 2 unspecified atom stereocenters. The second kappa shape index (κ2) is 10.2. The summed E-state index contributed by atoms with van der Waals surface area (Å²) < 4.78 is 0. The van der Waals surface area contributed by atoms with Gasteiger partial charge in [0.2, 0.25) is 0 Å². The van der Waals surface area contributed by atoms with E-state index < -0.39 is 0 Å². The van der Waals surface area contributed by atoms with Crippen LogP contribution in [0.4, 0.5) is 0 Å². The van der Waals surface area contributed by atoms with Gasteiger partial charge in [-0.3, -0.25) is 9.89 Å². The third-order valence-corrected chi connectivity index (χ3v) is 5.81. The van der Waals surface area contributed by atoms with Gasteiger partial charge in [-0.25, -0.2) is 4.98 Å². The van der Waals surface area contributed by atoms with Crippen molar-refractivity contribution in [2.75, 3.05) is 20.1 Å². The summed E-state index contributed by atoms with van der Waals surface area (Å²) in [5.74, 6) is 0.868. The standard InChI is InChI=1S/C19H27N5S.HI/c1-14-18(25-13-22-14)11-21-19(20-3)23-17-9-10-24(12-17)15(2)16-7-5-4-6-8-16;/h4-8,13,15,17H,9-12H2,1-3H3,(H2,20,21,23);1H. The Kier molecular flexibility index (Phi) is 8.30. The monoisotopic (exact) mass is 485 g/mol. The lowest BCUT2D eigenvalue weighted by Gasteiger charge is -2.25. The zero-order valence-electron chi connectivity index (χ0n) is 15.6. The summed E-state index contributed by atoms with van der Waals surface area (Å²) in [5.41, 5.74) is 4.37. The smallest absolute Gasteiger partial charge is 0.191 e. The highest BCUT2D eigenvalue weighted by molar-refractivity contribution is 14.0. The Morgan fingerprint density at radius 1 is 1.38 bits per heavy atom. The molecule has 7 heteroatoms. The predicted molar refractivity (Wildman–Crippen MR) is 120 cm³/mol. The van der Waals surface area contributed by atoms with E-state index in [1.54, 1.807) is 11.3 Å². The highest BCUT2D eigenvalue weighted by atomic mass is 127. The molecule has 0 radical (unpaired) electrons. The van der Waals surface area contributed by atoms with Crippen molar-refractivity contribution in [2.24, 2.45) is 4.99 Å². The number of likely N-dealkylation sites (tertiary alicyclic amines) is 1. The summed E-state index contributed by atoms with van der Waals surface area (Å²) in [6.45, 7) is 7.25. The normalized spacial score (nSPS) is 19.0. The van der Waals surface area contributed by atoms with Gasteiger partial charge in [0, 0.05) is 37.1 Å². The van der Waals surface area contributed by atoms with Crippen molar-refractivity contribution < 1.29 is 0 Å². The van der Waals surface area contributed by atoms with Crippen LogP contribution in [0, 0.1) is 6.92 Å². The van der Waals surface area contributed by atoms with Gasteiger partial charge in [-0.15, -0.1) is 35.3 Å². The lowest BCUT2D eigenvalue weighted by Crippen LogP contribution is -2.44. The molecule has 1 fully saturated rings. The Bertz CT molecular complexity index is 703. The van der Waals surface area contributed by atoms with Gasteiger partial charge in [0.25, 0.3) is 0 Å². The third kappa shape index (κ3) is 5.40. The van der Waals surface area contributed by atoms with Crippen molar-refractivity contribution in [3.8, 4) is 0 Å². The molecule has 2 aromatic rings. The number of nitrogens with one attached hydrogen (secondary N) is 2. The molecule has 1 aliphatic heterocycles. The van der Waals surface area contributed by atoms with Gasteiger partial charge in [-0.2, -0.15) is 0 Å². The molecule has 1 aromatic heterocycles. The van der Waals surface area contributed by atoms with Crippen LogP contribution in [-0.2, 0) is 6.54 Å². The number of thiazole rings is 1. The molecule has 1 aromatic carbocycles. The van der Waals surface area contributed by atoms with Crippen LogP contribution in [0.3, 0.4) is 0 Å². The molecular weight excluding hydrogens is 457 g/mol. The van der Waals surface area contributed by atoms with E-state index in [0.29, 0.717) is 12.1 Å². The van der Waals surface area contributed by atoms with E-state index in [1.165, 1.54) is 10.4 Å². The fourth-order valence-electron chi connectivity index (χ4n) is 3.25. The van der Waals surface area contributed by atoms with Crippen LogP contribution in [0.2, 0.25) is 0 Å². The molecule has 142 valence electrons. The molecule has 1 saturated heterocycles. The largest absolute Gasteiger partial charge is 0.352 e. The van der Waals surface area contributed by atoms with Crippen LogP contribution in [0.25, 0.3) is 0 Å². The molecule has 0 bridgehead atoms. The average Bonchev–Trinajstić information content (AvgIpc) is 3.27. The van der Waals surface area contributed by atoms with Crippen molar-refractivity contribution in [1.82, 2.24) is 20.5 Å². The number of guanidine groups is 1. The Labute approximate surface area is 177 Å². The van der Waals surface area contributed by atoms with Crippen molar-refractivity contribution in [3.63, 3.8) is 0 Å². The zero-order valence-corrected chi connectivity index (χ0v) is 18.8. The summed E-state index contributed by atoms with van der Waals surface area (Å²) >= 11 is 1.68.